The molecule has 154 valence electrons. The number of nitrogens with zero attached hydrogens (tertiary/aromatic N) is 1. The van der Waals surface area contributed by atoms with Crippen molar-refractivity contribution in [2.45, 2.75) is 32.2 Å². The Hall–Kier alpha value is -2.86. The maximum absolute atomic E-state index is 12.5. The van der Waals surface area contributed by atoms with Crippen molar-refractivity contribution in [3.63, 3.8) is 0 Å². The van der Waals surface area contributed by atoms with Crippen LogP contribution >= 0.6 is 0 Å². The molecule has 0 aliphatic carbocycles. The lowest BCUT2D eigenvalue weighted by atomic mass is 10.0. The monoisotopic (exact) mass is 395 g/mol. The summed E-state index contributed by atoms with van der Waals surface area (Å²) in [6, 6.07) is 15.5. The highest BCUT2D eigenvalue weighted by atomic mass is 16.5. The molecule has 0 spiro atoms. The summed E-state index contributed by atoms with van der Waals surface area (Å²) in [5, 5.41) is 6.04. The van der Waals surface area contributed by atoms with Crippen LogP contribution < -0.4 is 15.4 Å². The first-order chi connectivity index (χ1) is 14.0. The zero-order valence-electron chi connectivity index (χ0n) is 17.1. The van der Waals surface area contributed by atoms with Crippen LogP contribution in [0.5, 0.6) is 5.75 Å². The number of benzene rings is 2. The molecule has 6 nitrogen and oxygen atoms in total. The first-order valence-electron chi connectivity index (χ1n) is 10.0. The van der Waals surface area contributed by atoms with Crippen molar-refractivity contribution in [3.8, 4) is 5.75 Å². The summed E-state index contributed by atoms with van der Waals surface area (Å²) in [7, 11) is 1.62. The Kier molecular flexibility index (Phi) is 7.25. The second kappa shape index (κ2) is 10.1. The van der Waals surface area contributed by atoms with Crippen LogP contribution in [0.15, 0.2) is 48.5 Å². The maximum atomic E-state index is 12.5. The summed E-state index contributed by atoms with van der Waals surface area (Å²) in [6.07, 6.45) is 2.00. The molecule has 1 aliphatic heterocycles. The van der Waals surface area contributed by atoms with E-state index < -0.39 is 0 Å². The summed E-state index contributed by atoms with van der Waals surface area (Å²) in [5.74, 6) is 0.740. The van der Waals surface area contributed by atoms with Gasteiger partial charge in [0, 0.05) is 30.4 Å². The van der Waals surface area contributed by atoms with Crippen LogP contribution in [-0.4, -0.2) is 49.5 Å². The summed E-state index contributed by atoms with van der Waals surface area (Å²) >= 11 is 0. The fraction of sp³-hybridized carbons (Fsp3) is 0.391. The number of amides is 2. The van der Waals surface area contributed by atoms with Crippen LogP contribution in [0.2, 0.25) is 0 Å². The molecule has 6 heteroatoms. The molecule has 0 aromatic heterocycles. The number of hydrogen-bond donors (Lipinski definition) is 2. The Morgan fingerprint density at radius 1 is 1.07 bits per heavy atom. The van der Waals surface area contributed by atoms with Crippen LogP contribution in [0.1, 0.15) is 24.0 Å². The molecule has 29 heavy (non-hydrogen) atoms. The summed E-state index contributed by atoms with van der Waals surface area (Å²) in [5.41, 5.74) is 2.82. The van der Waals surface area contributed by atoms with Gasteiger partial charge in [0.25, 0.3) is 0 Å². The molecule has 2 aromatic rings. The van der Waals surface area contributed by atoms with Gasteiger partial charge in [-0.25, -0.2) is 0 Å². The molecular formula is C23H29N3O3. The summed E-state index contributed by atoms with van der Waals surface area (Å²) in [6.45, 7) is 3.96. The number of para-hydroxylation sites is 1. The van der Waals surface area contributed by atoms with Crippen molar-refractivity contribution in [2.24, 2.45) is 0 Å². The van der Waals surface area contributed by atoms with E-state index in [1.807, 2.05) is 55.5 Å². The Labute approximate surface area is 172 Å². The lowest BCUT2D eigenvalue weighted by Gasteiger charge is -2.31. The van der Waals surface area contributed by atoms with Gasteiger partial charge in [0.15, 0.2) is 0 Å². The van der Waals surface area contributed by atoms with E-state index in [0.717, 1.165) is 48.5 Å². The second-order valence-corrected chi connectivity index (χ2v) is 7.52. The number of likely N-dealkylation sites (tertiary alicyclic amines) is 1. The zero-order valence-corrected chi connectivity index (χ0v) is 17.1. The third-order valence-corrected chi connectivity index (χ3v) is 5.16. The van der Waals surface area contributed by atoms with Gasteiger partial charge in [-0.1, -0.05) is 35.9 Å². The number of piperidine rings is 1. The number of rotatable bonds is 7. The predicted molar refractivity (Wildman–Crippen MR) is 114 cm³/mol. The standard InChI is InChI=1S/C23H29N3O3/c1-17-8-9-21(29-2)18(14-17)15-22(27)24-20-10-12-26(13-11-20)16-23(28)25-19-6-4-3-5-7-19/h3-9,14,20H,10-13,15-16H2,1-2H3,(H,24,27)(H,25,28). The van der Waals surface area contributed by atoms with E-state index in [0.29, 0.717) is 13.0 Å². The number of carbonyl (C=O) groups excluding carboxylic acids is 2. The third kappa shape index (κ3) is 6.32. The molecular weight excluding hydrogens is 366 g/mol. The van der Waals surface area contributed by atoms with Crippen molar-refractivity contribution < 1.29 is 14.3 Å². The zero-order chi connectivity index (χ0) is 20.6. The quantitative estimate of drug-likeness (QED) is 0.756. The highest BCUT2D eigenvalue weighted by Gasteiger charge is 2.22. The second-order valence-electron chi connectivity index (χ2n) is 7.52. The molecule has 0 unspecified atom stereocenters. The first-order valence-corrected chi connectivity index (χ1v) is 10.0. The highest BCUT2D eigenvalue weighted by molar-refractivity contribution is 5.92. The van der Waals surface area contributed by atoms with Crippen LogP contribution in [0.3, 0.4) is 0 Å². The molecule has 0 bridgehead atoms. The first kappa shape index (κ1) is 20.9. The fourth-order valence-electron chi connectivity index (χ4n) is 3.66. The van der Waals surface area contributed by atoms with E-state index in [-0.39, 0.29) is 17.9 Å². The minimum absolute atomic E-state index is 0.00849. The van der Waals surface area contributed by atoms with Crippen LogP contribution in [0, 0.1) is 6.92 Å². The van der Waals surface area contributed by atoms with Gasteiger partial charge in [-0.2, -0.15) is 0 Å². The van der Waals surface area contributed by atoms with E-state index in [1.165, 1.54) is 0 Å². The van der Waals surface area contributed by atoms with Gasteiger partial charge in [-0.15, -0.1) is 0 Å². The Balaban J connectivity index is 1.42. The molecule has 3 rings (SSSR count). The maximum Gasteiger partial charge on any atom is 0.238 e. The topological polar surface area (TPSA) is 70.7 Å². The number of aryl methyl sites for hydroxylation is 1. The van der Waals surface area contributed by atoms with Gasteiger partial charge in [0.1, 0.15) is 5.75 Å². The average Bonchev–Trinajstić information content (AvgIpc) is 2.70. The van der Waals surface area contributed by atoms with Crippen molar-refractivity contribution >= 4 is 17.5 Å². The summed E-state index contributed by atoms with van der Waals surface area (Å²) < 4.78 is 5.36. The fourth-order valence-corrected chi connectivity index (χ4v) is 3.66. The van der Waals surface area contributed by atoms with E-state index in [9.17, 15) is 9.59 Å². The van der Waals surface area contributed by atoms with Crippen molar-refractivity contribution in [2.75, 3.05) is 32.1 Å². The van der Waals surface area contributed by atoms with Crippen molar-refractivity contribution in [1.82, 2.24) is 10.2 Å². The largest absolute Gasteiger partial charge is 0.496 e. The number of carbonyl (C=O) groups is 2. The van der Waals surface area contributed by atoms with Gasteiger partial charge in [0.2, 0.25) is 11.8 Å². The number of hydrogen-bond acceptors (Lipinski definition) is 4. The van der Waals surface area contributed by atoms with Gasteiger partial charge in [-0.3, -0.25) is 14.5 Å². The molecule has 2 aromatic carbocycles. The minimum atomic E-state index is -0.00905. The van der Waals surface area contributed by atoms with E-state index in [1.54, 1.807) is 7.11 Å². The number of ether oxygens (including phenoxy) is 1. The lowest BCUT2D eigenvalue weighted by Crippen LogP contribution is -2.46. The molecule has 2 N–H and O–H groups in total. The number of nitrogens with one attached hydrogen (secondary N) is 2. The van der Waals surface area contributed by atoms with Crippen molar-refractivity contribution in [3.05, 3.63) is 59.7 Å². The van der Waals surface area contributed by atoms with Gasteiger partial charge < -0.3 is 15.4 Å². The van der Waals surface area contributed by atoms with Gasteiger partial charge in [-0.05, 0) is 38.0 Å². The summed E-state index contributed by atoms with van der Waals surface area (Å²) in [4.78, 5) is 26.8. The molecule has 0 radical (unpaired) electrons. The van der Waals surface area contributed by atoms with Crippen LogP contribution in [-0.2, 0) is 16.0 Å². The van der Waals surface area contributed by atoms with Gasteiger partial charge >= 0.3 is 0 Å². The third-order valence-electron chi connectivity index (χ3n) is 5.16. The predicted octanol–water partition coefficient (Wildman–Crippen LogP) is 2.77. The van der Waals surface area contributed by atoms with E-state index in [4.69, 9.17) is 4.74 Å². The molecule has 0 atom stereocenters. The number of anilines is 1. The SMILES string of the molecule is COc1ccc(C)cc1CC(=O)NC1CCN(CC(=O)Nc2ccccc2)CC1. The number of methoxy groups -OCH3 is 1. The normalized spacial score (nSPS) is 15.0. The lowest BCUT2D eigenvalue weighted by molar-refractivity contribution is -0.122. The molecule has 1 fully saturated rings. The molecule has 0 saturated carbocycles. The molecule has 1 heterocycles. The molecule has 2 amide bonds. The van der Waals surface area contributed by atoms with E-state index >= 15 is 0 Å². The molecule has 1 saturated heterocycles. The van der Waals surface area contributed by atoms with Crippen molar-refractivity contribution in [1.29, 1.82) is 0 Å². The van der Waals surface area contributed by atoms with E-state index in [2.05, 4.69) is 15.5 Å². The Bertz CT molecular complexity index is 831. The minimum Gasteiger partial charge on any atom is -0.496 e. The molecule has 1 aliphatic rings. The Morgan fingerprint density at radius 2 is 1.79 bits per heavy atom. The van der Waals surface area contributed by atoms with Crippen LogP contribution in [0.25, 0.3) is 0 Å². The average molecular weight is 396 g/mol. The highest BCUT2D eigenvalue weighted by Crippen LogP contribution is 2.20. The Morgan fingerprint density at radius 3 is 2.48 bits per heavy atom. The van der Waals surface area contributed by atoms with Gasteiger partial charge in [0.05, 0.1) is 20.1 Å². The van der Waals surface area contributed by atoms with Crippen LogP contribution in [0.4, 0.5) is 5.69 Å². The smallest absolute Gasteiger partial charge is 0.238 e.